The van der Waals surface area contributed by atoms with Crippen LogP contribution in [-0.4, -0.2) is 13.4 Å². The maximum Gasteiger partial charge on any atom is 0.207 e. The van der Waals surface area contributed by atoms with Crippen LogP contribution in [0.1, 0.15) is 31.4 Å². The molecule has 0 N–H and O–H groups in total. The highest BCUT2D eigenvalue weighted by Gasteiger charge is 2.22. The molecule has 0 saturated heterocycles. The Morgan fingerprint density at radius 1 is 0.885 bits per heavy atom. The van der Waals surface area contributed by atoms with Gasteiger partial charge >= 0.3 is 0 Å². The van der Waals surface area contributed by atoms with Gasteiger partial charge in [0.05, 0.1) is 9.80 Å². The molecule has 0 aliphatic rings. The fourth-order valence-corrected chi connectivity index (χ4v) is 3.74. The van der Waals surface area contributed by atoms with E-state index in [1.54, 1.807) is 60.9 Å². The van der Waals surface area contributed by atoms with Gasteiger partial charge in [-0.25, -0.2) is 8.42 Å². The van der Waals surface area contributed by atoms with Crippen molar-refractivity contribution < 1.29 is 8.42 Å². The Morgan fingerprint density at radius 2 is 1.46 bits per heavy atom. The van der Waals surface area contributed by atoms with E-state index in [0.29, 0.717) is 5.56 Å². The third-order valence-corrected chi connectivity index (χ3v) is 5.21. The lowest BCUT2D eigenvalue weighted by Gasteiger charge is -2.10. The van der Waals surface area contributed by atoms with Crippen LogP contribution in [0.25, 0.3) is 11.0 Å². The van der Waals surface area contributed by atoms with Gasteiger partial charge < -0.3 is 0 Å². The van der Waals surface area contributed by atoms with Crippen molar-refractivity contribution in [1.82, 2.24) is 4.98 Å². The molecule has 3 nitrogen and oxygen atoms in total. The summed E-state index contributed by atoms with van der Waals surface area (Å²) >= 11 is 0. The Balaban J connectivity index is 0.000000758. The quantitative estimate of drug-likeness (QED) is 0.616. The number of nitrogens with zero attached hydrogens (tertiary/aromatic N) is 1. The first-order chi connectivity index (χ1) is 12.6. The maximum atomic E-state index is 13.0. The average molecular weight is 365 g/mol. The van der Waals surface area contributed by atoms with Crippen LogP contribution in [0.15, 0.2) is 90.1 Å². The number of aromatic nitrogens is 1. The Labute approximate surface area is 156 Å². The Bertz CT molecular complexity index is 920. The van der Waals surface area contributed by atoms with Crippen molar-refractivity contribution in [2.24, 2.45) is 0 Å². The molecule has 134 valence electrons. The minimum atomic E-state index is -3.63. The molecule has 0 spiro atoms. The summed E-state index contributed by atoms with van der Waals surface area (Å²) in [7, 11) is -3.63. The van der Waals surface area contributed by atoms with Crippen LogP contribution in [0.3, 0.4) is 0 Å². The first-order valence-electron chi connectivity index (χ1n) is 8.56. The topological polar surface area (TPSA) is 47.0 Å². The van der Waals surface area contributed by atoms with Gasteiger partial charge in [-0.1, -0.05) is 74.9 Å². The molecular weight excluding hydrogens is 342 g/mol. The minimum absolute atomic E-state index is 0.239. The summed E-state index contributed by atoms with van der Waals surface area (Å²) in [6.45, 7) is 4.25. The highest BCUT2D eigenvalue weighted by atomic mass is 32.2. The highest BCUT2D eigenvalue weighted by Crippen LogP contribution is 2.29. The van der Waals surface area contributed by atoms with Gasteiger partial charge in [-0.2, -0.15) is 0 Å². The summed E-state index contributed by atoms with van der Waals surface area (Å²) in [6.07, 6.45) is 6.12. The van der Waals surface area contributed by atoms with Crippen molar-refractivity contribution >= 4 is 20.8 Å². The standard InChI is InChI=1S/C19H15NO2S.C3H8/c21-23(22,18-11-5-2-6-12-18)19(17-10-7-13-20-15-17)14-16-8-3-1-4-9-16;1-3-2/h1-15H;3H2,1-2H3/b19-14-;. The monoisotopic (exact) mass is 365 g/mol. The summed E-state index contributed by atoms with van der Waals surface area (Å²) in [5.74, 6) is 0. The largest absolute Gasteiger partial charge is 0.264 e. The smallest absolute Gasteiger partial charge is 0.207 e. The Morgan fingerprint density at radius 3 is 2.00 bits per heavy atom. The zero-order valence-corrected chi connectivity index (χ0v) is 15.9. The lowest BCUT2D eigenvalue weighted by atomic mass is 10.1. The van der Waals surface area contributed by atoms with Crippen molar-refractivity contribution in [3.8, 4) is 0 Å². The van der Waals surface area contributed by atoms with E-state index >= 15 is 0 Å². The average Bonchev–Trinajstić information content (AvgIpc) is 2.69. The first-order valence-corrected chi connectivity index (χ1v) is 10.0. The predicted octanol–water partition coefficient (Wildman–Crippen LogP) is 5.47. The van der Waals surface area contributed by atoms with Gasteiger partial charge in [0.15, 0.2) is 0 Å². The van der Waals surface area contributed by atoms with E-state index < -0.39 is 9.84 Å². The Kier molecular flexibility index (Phi) is 7.30. The van der Waals surface area contributed by atoms with E-state index in [1.807, 2.05) is 30.3 Å². The third kappa shape index (κ3) is 5.14. The van der Waals surface area contributed by atoms with Crippen LogP contribution < -0.4 is 0 Å². The number of rotatable bonds is 4. The van der Waals surface area contributed by atoms with Gasteiger partial charge in [0.1, 0.15) is 0 Å². The van der Waals surface area contributed by atoms with Crippen LogP contribution in [-0.2, 0) is 9.84 Å². The SMILES string of the molecule is CCC.O=S(=O)(/C(=C\c1ccccc1)c1cccnc1)c1ccccc1. The molecular formula is C22H23NO2S. The molecule has 2 aromatic carbocycles. The van der Waals surface area contributed by atoms with E-state index in [4.69, 9.17) is 0 Å². The second kappa shape index (κ2) is 9.68. The summed E-state index contributed by atoms with van der Waals surface area (Å²) in [5.41, 5.74) is 1.39. The van der Waals surface area contributed by atoms with Crippen LogP contribution in [0.2, 0.25) is 0 Å². The number of hydrogen-bond acceptors (Lipinski definition) is 3. The van der Waals surface area contributed by atoms with Gasteiger partial charge in [0, 0.05) is 18.0 Å². The molecule has 0 amide bonds. The van der Waals surface area contributed by atoms with Crippen molar-refractivity contribution in [3.63, 3.8) is 0 Å². The van der Waals surface area contributed by atoms with E-state index in [9.17, 15) is 8.42 Å². The predicted molar refractivity (Wildman–Crippen MR) is 108 cm³/mol. The van der Waals surface area contributed by atoms with Gasteiger partial charge in [0.2, 0.25) is 9.84 Å². The van der Waals surface area contributed by atoms with Crippen LogP contribution in [0.5, 0.6) is 0 Å². The van der Waals surface area contributed by atoms with Crippen molar-refractivity contribution in [3.05, 3.63) is 96.3 Å². The van der Waals surface area contributed by atoms with Gasteiger partial charge in [-0.15, -0.1) is 0 Å². The van der Waals surface area contributed by atoms with E-state index in [-0.39, 0.29) is 9.80 Å². The molecule has 0 aliphatic carbocycles. The summed E-state index contributed by atoms with van der Waals surface area (Å²) in [4.78, 5) is 4.56. The maximum absolute atomic E-state index is 13.0. The molecule has 4 heteroatoms. The first kappa shape index (κ1) is 19.6. The second-order valence-corrected chi connectivity index (χ2v) is 7.60. The molecule has 0 unspecified atom stereocenters. The molecule has 0 aliphatic heterocycles. The second-order valence-electron chi connectivity index (χ2n) is 5.68. The zero-order valence-electron chi connectivity index (χ0n) is 15.0. The van der Waals surface area contributed by atoms with Crippen LogP contribution >= 0.6 is 0 Å². The summed E-state index contributed by atoms with van der Waals surface area (Å²) in [5, 5.41) is 0. The molecule has 1 heterocycles. The highest BCUT2D eigenvalue weighted by molar-refractivity contribution is 8.00. The normalized spacial score (nSPS) is 11.4. The van der Waals surface area contributed by atoms with Gasteiger partial charge in [-0.3, -0.25) is 4.98 Å². The lowest BCUT2D eigenvalue weighted by Crippen LogP contribution is -2.04. The van der Waals surface area contributed by atoms with Gasteiger partial charge in [-0.05, 0) is 29.8 Å². The van der Waals surface area contributed by atoms with E-state index in [0.717, 1.165) is 5.56 Å². The van der Waals surface area contributed by atoms with Crippen molar-refractivity contribution in [1.29, 1.82) is 0 Å². The third-order valence-electron chi connectivity index (χ3n) is 3.39. The summed E-state index contributed by atoms with van der Waals surface area (Å²) < 4.78 is 26.1. The minimum Gasteiger partial charge on any atom is -0.264 e. The van der Waals surface area contributed by atoms with Crippen molar-refractivity contribution in [2.45, 2.75) is 25.2 Å². The molecule has 3 aromatic rings. The Hall–Kier alpha value is -2.72. The fraction of sp³-hybridized carbons (Fsp3) is 0.136. The molecule has 26 heavy (non-hydrogen) atoms. The molecule has 3 rings (SSSR count). The van der Waals surface area contributed by atoms with Crippen LogP contribution in [0, 0.1) is 0 Å². The van der Waals surface area contributed by atoms with E-state index in [2.05, 4.69) is 18.8 Å². The zero-order chi connectivity index (χ0) is 18.8. The summed E-state index contributed by atoms with van der Waals surface area (Å²) in [6, 6.07) is 21.3. The molecule has 0 bridgehead atoms. The van der Waals surface area contributed by atoms with E-state index in [1.165, 1.54) is 6.42 Å². The number of benzene rings is 2. The lowest BCUT2D eigenvalue weighted by molar-refractivity contribution is 0.606. The van der Waals surface area contributed by atoms with Gasteiger partial charge in [0.25, 0.3) is 0 Å². The molecule has 0 saturated carbocycles. The van der Waals surface area contributed by atoms with Crippen LogP contribution in [0.4, 0.5) is 0 Å². The van der Waals surface area contributed by atoms with Crippen molar-refractivity contribution in [2.75, 3.05) is 0 Å². The number of hydrogen-bond donors (Lipinski definition) is 0. The number of pyridine rings is 1. The number of sulfone groups is 1. The molecule has 0 radical (unpaired) electrons. The molecule has 1 aromatic heterocycles. The fourth-order valence-electron chi connectivity index (χ4n) is 2.25. The molecule has 0 atom stereocenters. The molecule has 0 fully saturated rings.